The molecule has 0 saturated heterocycles. The molecule has 0 atom stereocenters. The van der Waals surface area contributed by atoms with Gasteiger partial charge in [-0.1, -0.05) is 18.2 Å². The summed E-state index contributed by atoms with van der Waals surface area (Å²) in [5, 5.41) is 8.52. The van der Waals surface area contributed by atoms with E-state index in [1.165, 1.54) is 0 Å². The smallest absolute Gasteiger partial charge is 0.269 e. The Kier molecular flexibility index (Phi) is 4.90. The third-order valence-corrected chi connectivity index (χ3v) is 5.21. The van der Waals surface area contributed by atoms with Crippen molar-refractivity contribution in [3.8, 4) is 28.1 Å². The van der Waals surface area contributed by atoms with E-state index in [4.69, 9.17) is 20.9 Å². The molecule has 0 radical (unpaired) electrons. The number of aromatic nitrogens is 2. The van der Waals surface area contributed by atoms with Crippen LogP contribution in [0.1, 0.15) is 27.2 Å². The lowest BCUT2D eigenvalue weighted by Gasteiger charge is -2.13. The third-order valence-electron chi connectivity index (χ3n) is 5.21. The maximum Gasteiger partial charge on any atom is 0.269 e. The molecule has 1 amide bonds. The summed E-state index contributed by atoms with van der Waals surface area (Å²) in [6.45, 7) is 2.92. The molecule has 1 aliphatic rings. The summed E-state index contributed by atoms with van der Waals surface area (Å²) >= 11 is 0. The zero-order chi connectivity index (χ0) is 20.5. The minimum absolute atomic E-state index is 0.198. The summed E-state index contributed by atoms with van der Waals surface area (Å²) in [5.74, 6) is 0.158. The van der Waals surface area contributed by atoms with Crippen LogP contribution in [0.3, 0.4) is 0 Å². The number of anilines is 1. The van der Waals surface area contributed by atoms with Crippen LogP contribution in [-0.2, 0) is 11.2 Å². The number of methoxy groups -OCH3 is 1. The second kappa shape index (κ2) is 7.52. The predicted molar refractivity (Wildman–Crippen MR) is 111 cm³/mol. The van der Waals surface area contributed by atoms with Gasteiger partial charge in [-0.15, -0.1) is 10.2 Å². The van der Waals surface area contributed by atoms with Crippen molar-refractivity contribution in [3.63, 3.8) is 0 Å². The van der Waals surface area contributed by atoms with Gasteiger partial charge in [-0.25, -0.2) is 0 Å². The molecule has 1 aromatic heterocycles. The Morgan fingerprint density at radius 1 is 1.14 bits per heavy atom. The van der Waals surface area contributed by atoms with Crippen LogP contribution in [0.4, 0.5) is 5.69 Å². The first-order chi connectivity index (χ1) is 14.0. The maximum absolute atomic E-state index is 12.0. The Morgan fingerprint density at radius 3 is 2.72 bits per heavy atom. The van der Waals surface area contributed by atoms with E-state index in [-0.39, 0.29) is 5.69 Å². The quantitative estimate of drug-likeness (QED) is 0.387. The van der Waals surface area contributed by atoms with Crippen molar-refractivity contribution in [2.75, 3.05) is 26.1 Å². The molecule has 4 N–H and O–H groups in total. The first kappa shape index (κ1) is 18.9. The van der Waals surface area contributed by atoms with Gasteiger partial charge in [0.2, 0.25) is 0 Å². The summed E-state index contributed by atoms with van der Waals surface area (Å²) in [6, 6.07) is 11.6. The molecule has 1 aliphatic carbocycles. The predicted octanol–water partition coefficient (Wildman–Crippen LogP) is 2.73. The zero-order valence-corrected chi connectivity index (χ0v) is 16.4. The van der Waals surface area contributed by atoms with Gasteiger partial charge in [0, 0.05) is 30.3 Å². The second-order valence-corrected chi connectivity index (χ2v) is 6.97. The van der Waals surface area contributed by atoms with Crippen molar-refractivity contribution in [1.82, 2.24) is 10.2 Å². The monoisotopic (exact) mass is 390 g/mol. The molecule has 1 heterocycles. The van der Waals surface area contributed by atoms with E-state index in [0.717, 1.165) is 39.1 Å². The normalized spacial score (nSPS) is 11.8. The van der Waals surface area contributed by atoms with Crippen LogP contribution in [0.5, 0.6) is 5.75 Å². The van der Waals surface area contributed by atoms with Gasteiger partial charge in [0.05, 0.1) is 6.61 Å². The Balaban J connectivity index is 1.87. The molecule has 4 rings (SSSR count). The number of nitrogen functional groups attached to an aromatic ring is 1. The highest BCUT2D eigenvalue weighted by molar-refractivity contribution is 5.99. The molecule has 7 nitrogen and oxygen atoms in total. The maximum atomic E-state index is 12.0. The molecular formula is C22H22N4O3. The number of nitrogens with zero attached hydrogens (tertiary/aromatic N) is 2. The Bertz CT molecular complexity index is 1110. The summed E-state index contributed by atoms with van der Waals surface area (Å²) in [5.41, 5.74) is 18.8. The molecule has 0 fully saturated rings. The molecule has 3 aromatic rings. The topological polar surface area (TPSA) is 113 Å². The number of rotatable bonds is 6. The molecule has 0 aliphatic heterocycles. The number of fused-ring (bicyclic) bond motifs is 3. The van der Waals surface area contributed by atoms with Crippen LogP contribution in [0.2, 0.25) is 0 Å². The molecule has 2 aromatic carbocycles. The number of carbonyl (C=O) groups excluding carboxylic acids is 1. The largest absolute Gasteiger partial charge is 0.491 e. The Hall–Kier alpha value is -3.45. The number of carbonyl (C=O) groups is 1. The average Bonchev–Trinajstić information content (AvgIpc) is 3.08. The van der Waals surface area contributed by atoms with E-state index in [9.17, 15) is 4.79 Å². The minimum Gasteiger partial charge on any atom is -0.491 e. The van der Waals surface area contributed by atoms with Gasteiger partial charge in [0.15, 0.2) is 5.69 Å². The van der Waals surface area contributed by atoms with Crippen molar-refractivity contribution in [1.29, 1.82) is 0 Å². The van der Waals surface area contributed by atoms with E-state index in [1.54, 1.807) is 7.11 Å². The standard InChI is InChI=1S/C22H22N4O3/c1-12-15(4-3-5-18(12)23)20-19-16-7-6-14(29-9-8-28-2)10-13(16)11-17(19)21(22(24)27)26-25-20/h3-7,10H,8-9,11,23H2,1-2H3,(H2,24,27). The van der Waals surface area contributed by atoms with Crippen molar-refractivity contribution in [2.24, 2.45) is 5.73 Å². The van der Waals surface area contributed by atoms with E-state index in [2.05, 4.69) is 10.2 Å². The van der Waals surface area contributed by atoms with E-state index < -0.39 is 5.91 Å². The number of hydrogen-bond donors (Lipinski definition) is 2. The van der Waals surface area contributed by atoms with Crippen molar-refractivity contribution < 1.29 is 14.3 Å². The van der Waals surface area contributed by atoms with Gasteiger partial charge in [-0.05, 0) is 47.4 Å². The van der Waals surface area contributed by atoms with Gasteiger partial charge in [-0.2, -0.15) is 0 Å². The summed E-state index contributed by atoms with van der Waals surface area (Å²) in [6.07, 6.45) is 0.536. The lowest BCUT2D eigenvalue weighted by Crippen LogP contribution is -2.17. The number of nitrogens with two attached hydrogens (primary N) is 2. The minimum atomic E-state index is -0.589. The fourth-order valence-corrected chi connectivity index (χ4v) is 3.71. The molecule has 29 heavy (non-hydrogen) atoms. The van der Waals surface area contributed by atoms with Crippen molar-refractivity contribution >= 4 is 11.6 Å². The van der Waals surface area contributed by atoms with Gasteiger partial charge in [0.25, 0.3) is 5.91 Å². The Labute approximate surface area is 168 Å². The zero-order valence-electron chi connectivity index (χ0n) is 16.4. The van der Waals surface area contributed by atoms with E-state index in [0.29, 0.717) is 31.0 Å². The molecule has 0 saturated carbocycles. The van der Waals surface area contributed by atoms with Gasteiger partial charge in [-0.3, -0.25) is 4.79 Å². The number of primary amides is 1. The van der Waals surface area contributed by atoms with Crippen molar-refractivity contribution in [2.45, 2.75) is 13.3 Å². The molecule has 0 unspecified atom stereocenters. The third kappa shape index (κ3) is 3.30. The van der Waals surface area contributed by atoms with Crippen LogP contribution in [-0.4, -0.2) is 36.4 Å². The van der Waals surface area contributed by atoms with Crippen LogP contribution in [0, 0.1) is 6.92 Å². The highest BCUT2D eigenvalue weighted by atomic mass is 16.5. The lowest BCUT2D eigenvalue weighted by molar-refractivity contribution is 0.0994. The molecule has 7 heteroatoms. The highest BCUT2D eigenvalue weighted by Gasteiger charge is 2.29. The molecular weight excluding hydrogens is 368 g/mol. The van der Waals surface area contributed by atoms with Crippen LogP contribution in [0.25, 0.3) is 22.4 Å². The summed E-state index contributed by atoms with van der Waals surface area (Å²) in [7, 11) is 1.63. The number of ether oxygens (including phenoxy) is 2. The average molecular weight is 390 g/mol. The number of hydrogen-bond acceptors (Lipinski definition) is 6. The molecule has 0 bridgehead atoms. The Morgan fingerprint density at radius 2 is 1.97 bits per heavy atom. The fraction of sp³-hybridized carbons (Fsp3) is 0.227. The fourth-order valence-electron chi connectivity index (χ4n) is 3.71. The van der Waals surface area contributed by atoms with Gasteiger partial charge < -0.3 is 20.9 Å². The molecule has 148 valence electrons. The van der Waals surface area contributed by atoms with E-state index in [1.807, 2.05) is 43.3 Å². The van der Waals surface area contributed by atoms with E-state index >= 15 is 0 Å². The number of amides is 1. The summed E-state index contributed by atoms with van der Waals surface area (Å²) < 4.78 is 10.8. The van der Waals surface area contributed by atoms with Crippen LogP contribution in [0.15, 0.2) is 36.4 Å². The highest BCUT2D eigenvalue weighted by Crippen LogP contribution is 2.44. The SMILES string of the molecule is COCCOc1ccc2c(c1)Cc1c(C(N)=O)nnc(-c3cccc(N)c3C)c1-2. The first-order valence-electron chi connectivity index (χ1n) is 9.31. The van der Waals surface area contributed by atoms with Gasteiger partial charge >= 0.3 is 0 Å². The van der Waals surface area contributed by atoms with Crippen LogP contribution >= 0.6 is 0 Å². The van der Waals surface area contributed by atoms with Crippen LogP contribution < -0.4 is 16.2 Å². The number of benzene rings is 2. The lowest BCUT2D eigenvalue weighted by atomic mass is 9.95. The second-order valence-electron chi connectivity index (χ2n) is 6.97. The first-order valence-corrected chi connectivity index (χ1v) is 9.31. The van der Waals surface area contributed by atoms with Gasteiger partial charge in [0.1, 0.15) is 18.1 Å². The molecule has 0 spiro atoms. The summed E-state index contributed by atoms with van der Waals surface area (Å²) in [4.78, 5) is 12.0. The van der Waals surface area contributed by atoms with Crippen molar-refractivity contribution in [3.05, 3.63) is 58.8 Å².